The van der Waals surface area contributed by atoms with Gasteiger partial charge in [0.05, 0.1) is 5.02 Å². The van der Waals surface area contributed by atoms with E-state index in [2.05, 4.69) is 31.9 Å². The minimum Gasteiger partial charge on any atom is -0.377 e. The number of carbonyl (C=O) groups is 1. The molecule has 2 amide bonds. The smallest absolute Gasteiger partial charge is 0.319 e. The molecule has 3 N–H and O–H groups in total. The van der Waals surface area contributed by atoms with Crippen molar-refractivity contribution in [3.63, 3.8) is 0 Å². The molecule has 1 aliphatic rings. The summed E-state index contributed by atoms with van der Waals surface area (Å²) in [7, 11) is 4.04. The number of hydrogen-bond acceptors (Lipinski definition) is 4. The molecule has 0 aliphatic heterocycles. The van der Waals surface area contributed by atoms with Crippen LogP contribution < -0.4 is 20.9 Å². The van der Waals surface area contributed by atoms with Crippen LogP contribution in [0.4, 0.5) is 26.4 Å². The molecule has 1 aliphatic carbocycles. The van der Waals surface area contributed by atoms with E-state index in [9.17, 15) is 9.18 Å². The van der Waals surface area contributed by atoms with Crippen LogP contribution in [0.2, 0.25) is 5.02 Å². The number of rotatable bonds is 5. The molecular weight excluding hydrogens is 393 g/mol. The first kappa shape index (κ1) is 21.2. The Kier molecular flexibility index (Phi) is 6.79. The first-order valence-corrected chi connectivity index (χ1v) is 10.1. The second-order valence-corrected chi connectivity index (χ2v) is 8.08. The number of nitrogens with zero attached hydrogens (tertiary/aromatic N) is 2. The van der Waals surface area contributed by atoms with Crippen molar-refractivity contribution in [2.24, 2.45) is 0 Å². The van der Waals surface area contributed by atoms with Gasteiger partial charge in [0.25, 0.3) is 0 Å². The van der Waals surface area contributed by atoms with Gasteiger partial charge in [0.2, 0.25) is 0 Å². The molecule has 1 fully saturated rings. The topological polar surface area (TPSA) is 69.3 Å². The van der Waals surface area contributed by atoms with E-state index in [1.54, 1.807) is 0 Å². The number of hydrogen-bond donors (Lipinski definition) is 3. The zero-order valence-corrected chi connectivity index (χ0v) is 17.7. The Hall–Kier alpha value is -2.54. The van der Waals surface area contributed by atoms with Crippen LogP contribution in [-0.4, -0.2) is 37.2 Å². The summed E-state index contributed by atoms with van der Waals surface area (Å²) < 4.78 is 13.2. The predicted molar refractivity (Wildman–Crippen MR) is 117 cm³/mol. The summed E-state index contributed by atoms with van der Waals surface area (Å²) in [5.41, 5.74) is 2.75. The Morgan fingerprint density at radius 2 is 1.86 bits per heavy atom. The fourth-order valence-electron chi connectivity index (χ4n) is 3.59. The summed E-state index contributed by atoms with van der Waals surface area (Å²) in [5.74, 6) is 0.367. The van der Waals surface area contributed by atoms with Crippen LogP contribution in [0.25, 0.3) is 0 Å². The Morgan fingerprint density at radius 3 is 2.52 bits per heavy atom. The van der Waals surface area contributed by atoms with E-state index in [-0.39, 0.29) is 17.1 Å². The van der Waals surface area contributed by atoms with Gasteiger partial charge in [-0.3, -0.25) is 0 Å². The lowest BCUT2D eigenvalue weighted by atomic mass is 9.91. The number of halogens is 2. The van der Waals surface area contributed by atoms with Gasteiger partial charge in [0.1, 0.15) is 11.6 Å². The van der Waals surface area contributed by atoms with Crippen LogP contribution in [0.3, 0.4) is 0 Å². The van der Waals surface area contributed by atoms with Gasteiger partial charge in [-0.15, -0.1) is 0 Å². The van der Waals surface area contributed by atoms with Gasteiger partial charge in [0.15, 0.2) is 0 Å². The van der Waals surface area contributed by atoms with Crippen molar-refractivity contribution in [2.75, 3.05) is 29.6 Å². The number of benzene rings is 1. The zero-order valence-electron chi connectivity index (χ0n) is 16.9. The van der Waals surface area contributed by atoms with E-state index in [0.29, 0.717) is 11.7 Å². The van der Waals surface area contributed by atoms with Gasteiger partial charge in [-0.25, -0.2) is 14.2 Å². The molecule has 6 nitrogen and oxygen atoms in total. The molecule has 8 heteroatoms. The molecule has 2 aromatic rings. The monoisotopic (exact) mass is 419 g/mol. The minimum absolute atomic E-state index is 0.0171. The standard InChI is InChI=1S/C21H27ClFN5O/c1-13-12-24-20(11-19(13)28(2)3)25-14-4-6-15(7-5-14)26-21(29)27-16-8-9-18(23)17(22)10-16/h8-12,14-15H,4-7H2,1-3H3,(H,24,25)(H2,26,27,29). The molecule has 29 heavy (non-hydrogen) atoms. The van der Waals surface area contributed by atoms with Crippen molar-refractivity contribution < 1.29 is 9.18 Å². The van der Waals surface area contributed by atoms with Crippen molar-refractivity contribution in [1.29, 1.82) is 0 Å². The number of aryl methyl sites for hydroxylation is 1. The maximum absolute atomic E-state index is 13.2. The number of amides is 2. The van der Waals surface area contributed by atoms with Gasteiger partial charge in [-0.05, 0) is 56.4 Å². The summed E-state index contributed by atoms with van der Waals surface area (Å²) in [6.07, 6.45) is 5.53. The number of nitrogens with one attached hydrogen (secondary N) is 3. The lowest BCUT2D eigenvalue weighted by Gasteiger charge is -2.30. The van der Waals surface area contributed by atoms with E-state index >= 15 is 0 Å². The third-order valence-electron chi connectivity index (χ3n) is 5.15. The molecule has 3 rings (SSSR count). The van der Waals surface area contributed by atoms with E-state index < -0.39 is 5.82 Å². The van der Waals surface area contributed by atoms with Crippen molar-refractivity contribution in [3.05, 3.63) is 46.9 Å². The van der Waals surface area contributed by atoms with Crippen LogP contribution in [0.1, 0.15) is 31.2 Å². The molecule has 0 unspecified atom stereocenters. The number of carbonyl (C=O) groups excluding carboxylic acids is 1. The van der Waals surface area contributed by atoms with Crippen LogP contribution in [0, 0.1) is 12.7 Å². The third kappa shape index (κ3) is 5.73. The molecule has 0 saturated heterocycles. The van der Waals surface area contributed by atoms with Crippen molar-refractivity contribution in [3.8, 4) is 0 Å². The fraction of sp³-hybridized carbons (Fsp3) is 0.429. The highest BCUT2D eigenvalue weighted by Gasteiger charge is 2.23. The maximum atomic E-state index is 13.2. The second kappa shape index (κ2) is 9.31. The molecule has 1 aromatic carbocycles. The first-order chi connectivity index (χ1) is 13.8. The molecule has 1 aromatic heterocycles. The molecule has 0 radical (unpaired) electrons. The predicted octanol–water partition coefficient (Wildman–Crippen LogP) is 4.79. The maximum Gasteiger partial charge on any atom is 0.319 e. The number of aromatic nitrogens is 1. The minimum atomic E-state index is -0.510. The summed E-state index contributed by atoms with van der Waals surface area (Å²) in [6, 6.07) is 6.31. The third-order valence-corrected chi connectivity index (χ3v) is 5.44. The molecule has 0 bridgehead atoms. The second-order valence-electron chi connectivity index (χ2n) is 7.67. The van der Waals surface area contributed by atoms with Gasteiger partial charge in [0, 0.05) is 49.8 Å². The van der Waals surface area contributed by atoms with E-state index in [0.717, 1.165) is 42.8 Å². The van der Waals surface area contributed by atoms with Gasteiger partial charge >= 0.3 is 6.03 Å². The molecular formula is C21H27ClFN5O. The Balaban J connectivity index is 1.47. The quantitative estimate of drug-likeness (QED) is 0.651. The van der Waals surface area contributed by atoms with Crippen LogP contribution >= 0.6 is 11.6 Å². The van der Waals surface area contributed by atoms with E-state index in [1.807, 2.05) is 27.2 Å². The normalized spacial score (nSPS) is 18.8. The Morgan fingerprint density at radius 1 is 1.17 bits per heavy atom. The van der Waals surface area contributed by atoms with Crippen LogP contribution in [0.5, 0.6) is 0 Å². The van der Waals surface area contributed by atoms with Crippen LogP contribution in [0.15, 0.2) is 30.5 Å². The Bertz CT molecular complexity index is 868. The van der Waals surface area contributed by atoms with Gasteiger partial charge in [-0.1, -0.05) is 11.6 Å². The van der Waals surface area contributed by atoms with Crippen LogP contribution in [-0.2, 0) is 0 Å². The van der Waals surface area contributed by atoms with Crippen molar-refractivity contribution in [2.45, 2.75) is 44.7 Å². The largest absolute Gasteiger partial charge is 0.377 e. The molecule has 0 atom stereocenters. The molecule has 1 saturated carbocycles. The average molecular weight is 420 g/mol. The van der Waals surface area contributed by atoms with Gasteiger partial charge in [-0.2, -0.15) is 0 Å². The van der Waals surface area contributed by atoms with E-state index in [1.165, 1.54) is 18.2 Å². The highest BCUT2D eigenvalue weighted by atomic mass is 35.5. The SMILES string of the molecule is Cc1cnc(NC2CCC(NC(=O)Nc3ccc(F)c(Cl)c3)CC2)cc1N(C)C. The fourth-order valence-corrected chi connectivity index (χ4v) is 3.77. The summed E-state index contributed by atoms with van der Waals surface area (Å²) in [6.45, 7) is 2.05. The van der Waals surface area contributed by atoms with Crippen molar-refractivity contribution in [1.82, 2.24) is 10.3 Å². The molecule has 0 spiro atoms. The molecule has 156 valence electrons. The highest BCUT2D eigenvalue weighted by molar-refractivity contribution is 6.31. The highest BCUT2D eigenvalue weighted by Crippen LogP contribution is 2.25. The summed E-state index contributed by atoms with van der Waals surface area (Å²) in [4.78, 5) is 18.8. The summed E-state index contributed by atoms with van der Waals surface area (Å²) in [5, 5.41) is 9.17. The summed E-state index contributed by atoms with van der Waals surface area (Å²) >= 11 is 5.75. The van der Waals surface area contributed by atoms with Gasteiger partial charge < -0.3 is 20.9 Å². The molecule has 1 heterocycles. The lowest BCUT2D eigenvalue weighted by molar-refractivity contribution is 0.243. The van der Waals surface area contributed by atoms with E-state index in [4.69, 9.17) is 11.6 Å². The van der Waals surface area contributed by atoms with Crippen molar-refractivity contribution >= 4 is 34.8 Å². The zero-order chi connectivity index (χ0) is 21.0. The number of pyridine rings is 1. The first-order valence-electron chi connectivity index (χ1n) is 9.75. The average Bonchev–Trinajstić information content (AvgIpc) is 2.67. The lowest BCUT2D eigenvalue weighted by Crippen LogP contribution is -2.42. The Labute approximate surface area is 175 Å². The number of urea groups is 1. The number of anilines is 3.